The minimum Gasteiger partial charge on any atom is -0.478 e. The monoisotopic (exact) mass is 315 g/mol. The van der Waals surface area contributed by atoms with Gasteiger partial charge in [0.1, 0.15) is 0 Å². The summed E-state index contributed by atoms with van der Waals surface area (Å²) >= 11 is 5.70. The third kappa shape index (κ3) is 2.91. The van der Waals surface area contributed by atoms with E-state index in [1.165, 1.54) is 35.3 Å². The number of aryl methyl sites for hydroxylation is 1. The number of rotatable bonds is 4. The SMILES string of the molecule is Cn1cnc(S(=O)(=O)Nc2ccc(Cl)cc2C(=O)O)c1. The van der Waals surface area contributed by atoms with Crippen LogP contribution in [-0.4, -0.2) is 29.0 Å². The number of carboxylic acid groups (broad SMARTS) is 1. The molecule has 0 aliphatic carbocycles. The second-order valence-corrected chi connectivity index (χ2v) is 6.04. The lowest BCUT2D eigenvalue weighted by atomic mass is 10.2. The smallest absolute Gasteiger partial charge is 0.337 e. The van der Waals surface area contributed by atoms with Gasteiger partial charge in [0, 0.05) is 18.3 Å². The van der Waals surface area contributed by atoms with E-state index in [2.05, 4.69) is 9.71 Å². The maximum Gasteiger partial charge on any atom is 0.337 e. The molecule has 0 unspecified atom stereocenters. The zero-order valence-electron chi connectivity index (χ0n) is 10.2. The van der Waals surface area contributed by atoms with Crippen molar-refractivity contribution in [2.24, 2.45) is 7.05 Å². The van der Waals surface area contributed by atoms with Gasteiger partial charge in [0.05, 0.1) is 17.6 Å². The molecule has 2 N–H and O–H groups in total. The van der Waals surface area contributed by atoms with E-state index in [0.717, 1.165) is 0 Å². The van der Waals surface area contributed by atoms with Crippen LogP contribution in [-0.2, 0) is 17.1 Å². The average Bonchev–Trinajstić information content (AvgIpc) is 2.78. The van der Waals surface area contributed by atoms with Crippen LogP contribution in [0.25, 0.3) is 0 Å². The first kappa shape index (κ1) is 14.4. The molecule has 0 saturated heterocycles. The van der Waals surface area contributed by atoms with Gasteiger partial charge in [-0.25, -0.2) is 9.78 Å². The number of imidazole rings is 1. The minimum absolute atomic E-state index is 0.0763. The first-order valence-corrected chi connectivity index (χ1v) is 7.19. The Labute approximate surface area is 119 Å². The van der Waals surface area contributed by atoms with Crippen LogP contribution in [0.15, 0.2) is 35.7 Å². The number of aromatic carboxylic acids is 1. The summed E-state index contributed by atoms with van der Waals surface area (Å²) in [5.41, 5.74) is -0.315. The Morgan fingerprint density at radius 1 is 1.45 bits per heavy atom. The maximum absolute atomic E-state index is 12.1. The van der Waals surface area contributed by atoms with Gasteiger partial charge in [-0.3, -0.25) is 4.72 Å². The van der Waals surface area contributed by atoms with Gasteiger partial charge in [-0.1, -0.05) is 11.6 Å². The van der Waals surface area contributed by atoms with Crippen LogP contribution in [0.4, 0.5) is 5.69 Å². The van der Waals surface area contributed by atoms with E-state index in [0.29, 0.717) is 0 Å². The predicted octanol–water partition coefficient (Wildman–Crippen LogP) is 1.57. The number of halogens is 1. The predicted molar refractivity (Wildman–Crippen MR) is 72.4 cm³/mol. The fourth-order valence-electron chi connectivity index (χ4n) is 1.51. The Hall–Kier alpha value is -2.06. The molecule has 1 heterocycles. The molecule has 0 amide bonds. The summed E-state index contributed by atoms with van der Waals surface area (Å²) in [6, 6.07) is 3.84. The Kier molecular flexibility index (Phi) is 3.69. The standard InChI is InChI=1S/C11H10ClN3O4S/c1-15-5-10(13-6-15)20(18,19)14-9-3-2-7(12)4-8(9)11(16)17/h2-6,14H,1H3,(H,16,17). The average molecular weight is 316 g/mol. The van der Waals surface area contributed by atoms with Crippen molar-refractivity contribution in [3.05, 3.63) is 41.3 Å². The molecule has 0 saturated carbocycles. The molecule has 1 aromatic carbocycles. The highest BCUT2D eigenvalue weighted by Crippen LogP contribution is 2.23. The number of sulfonamides is 1. The molecule has 0 aliphatic heterocycles. The van der Waals surface area contributed by atoms with Crippen LogP contribution in [0, 0.1) is 0 Å². The molecule has 0 radical (unpaired) electrons. The van der Waals surface area contributed by atoms with Crippen LogP contribution < -0.4 is 4.72 Å². The Balaban J connectivity index is 2.42. The summed E-state index contributed by atoms with van der Waals surface area (Å²) in [4.78, 5) is 14.8. The maximum atomic E-state index is 12.1. The highest BCUT2D eigenvalue weighted by molar-refractivity contribution is 7.92. The summed E-state index contributed by atoms with van der Waals surface area (Å²) in [6.07, 6.45) is 2.63. The Morgan fingerprint density at radius 3 is 2.70 bits per heavy atom. The van der Waals surface area contributed by atoms with Crippen molar-refractivity contribution in [3.63, 3.8) is 0 Å². The fraction of sp³-hybridized carbons (Fsp3) is 0.0909. The highest BCUT2D eigenvalue weighted by atomic mass is 35.5. The first-order valence-electron chi connectivity index (χ1n) is 5.33. The largest absolute Gasteiger partial charge is 0.478 e. The molecule has 2 aromatic rings. The van der Waals surface area contributed by atoms with Crippen molar-refractivity contribution in [1.82, 2.24) is 9.55 Å². The topological polar surface area (TPSA) is 101 Å². The summed E-state index contributed by atoms with van der Waals surface area (Å²) in [7, 11) is -2.33. The molecule has 0 atom stereocenters. The van der Waals surface area contributed by atoms with Gasteiger partial charge >= 0.3 is 5.97 Å². The van der Waals surface area contributed by atoms with Crippen molar-refractivity contribution >= 4 is 33.3 Å². The van der Waals surface area contributed by atoms with Gasteiger partial charge < -0.3 is 9.67 Å². The number of hydrogen-bond donors (Lipinski definition) is 2. The molecule has 9 heteroatoms. The fourth-order valence-corrected chi connectivity index (χ4v) is 2.74. The Bertz CT molecular complexity index is 770. The molecule has 2 rings (SSSR count). The number of carbonyl (C=O) groups is 1. The molecular formula is C11H10ClN3O4S. The lowest BCUT2D eigenvalue weighted by Crippen LogP contribution is -2.16. The lowest BCUT2D eigenvalue weighted by molar-refractivity contribution is 0.0698. The van der Waals surface area contributed by atoms with Gasteiger partial charge in [0.15, 0.2) is 5.03 Å². The van der Waals surface area contributed by atoms with Crippen molar-refractivity contribution in [2.45, 2.75) is 5.03 Å². The number of nitrogens with one attached hydrogen (secondary N) is 1. The van der Waals surface area contributed by atoms with E-state index in [-0.39, 0.29) is 21.3 Å². The van der Waals surface area contributed by atoms with E-state index >= 15 is 0 Å². The second-order valence-electron chi connectivity index (χ2n) is 3.98. The highest BCUT2D eigenvalue weighted by Gasteiger charge is 2.20. The number of aromatic nitrogens is 2. The molecule has 0 fully saturated rings. The second kappa shape index (κ2) is 5.14. The summed E-state index contributed by atoms with van der Waals surface area (Å²) in [5, 5.41) is 9.04. The summed E-state index contributed by atoms with van der Waals surface area (Å²) in [5.74, 6) is -1.29. The van der Waals surface area contributed by atoms with Gasteiger partial charge in [-0.2, -0.15) is 8.42 Å². The van der Waals surface area contributed by atoms with E-state index in [1.807, 2.05) is 0 Å². The van der Waals surface area contributed by atoms with Gasteiger partial charge in [-0.15, -0.1) is 0 Å². The van der Waals surface area contributed by atoms with Crippen LogP contribution in [0.3, 0.4) is 0 Å². The third-order valence-electron chi connectivity index (χ3n) is 2.41. The quantitative estimate of drug-likeness (QED) is 0.891. The van der Waals surface area contributed by atoms with Crippen LogP contribution >= 0.6 is 11.6 Å². The number of hydrogen-bond acceptors (Lipinski definition) is 4. The van der Waals surface area contributed by atoms with Gasteiger partial charge in [0.25, 0.3) is 10.0 Å². The molecular weight excluding hydrogens is 306 g/mol. The van der Waals surface area contributed by atoms with Crippen LogP contribution in [0.2, 0.25) is 5.02 Å². The molecule has 0 spiro atoms. The summed E-state index contributed by atoms with van der Waals surface area (Å²) < 4.78 is 27.8. The van der Waals surface area contributed by atoms with E-state index in [9.17, 15) is 13.2 Å². The van der Waals surface area contributed by atoms with E-state index < -0.39 is 16.0 Å². The van der Waals surface area contributed by atoms with Gasteiger partial charge in [0.2, 0.25) is 0 Å². The van der Waals surface area contributed by atoms with Gasteiger partial charge in [-0.05, 0) is 18.2 Å². The van der Waals surface area contributed by atoms with Crippen molar-refractivity contribution in [1.29, 1.82) is 0 Å². The normalized spacial score (nSPS) is 11.3. The number of nitrogens with zero attached hydrogens (tertiary/aromatic N) is 2. The molecule has 1 aromatic heterocycles. The van der Waals surface area contributed by atoms with E-state index in [1.54, 1.807) is 7.05 Å². The molecule has 0 aliphatic rings. The zero-order chi connectivity index (χ0) is 14.9. The minimum atomic E-state index is -3.95. The molecule has 0 bridgehead atoms. The molecule has 20 heavy (non-hydrogen) atoms. The number of carboxylic acids is 1. The molecule has 7 nitrogen and oxygen atoms in total. The third-order valence-corrected chi connectivity index (χ3v) is 3.90. The van der Waals surface area contributed by atoms with Crippen LogP contribution in [0.5, 0.6) is 0 Å². The van der Waals surface area contributed by atoms with Crippen LogP contribution in [0.1, 0.15) is 10.4 Å². The lowest BCUT2D eigenvalue weighted by Gasteiger charge is -2.09. The summed E-state index contributed by atoms with van der Waals surface area (Å²) in [6.45, 7) is 0. The van der Waals surface area contributed by atoms with E-state index in [4.69, 9.17) is 16.7 Å². The Morgan fingerprint density at radius 2 is 2.15 bits per heavy atom. The van der Waals surface area contributed by atoms with Crippen molar-refractivity contribution in [2.75, 3.05) is 4.72 Å². The van der Waals surface area contributed by atoms with Crippen molar-refractivity contribution in [3.8, 4) is 0 Å². The number of anilines is 1. The van der Waals surface area contributed by atoms with Crippen molar-refractivity contribution < 1.29 is 18.3 Å². The molecule has 106 valence electrons. The number of benzene rings is 1. The first-order chi connectivity index (χ1) is 9.29. The zero-order valence-corrected chi connectivity index (χ0v) is 11.8.